The van der Waals surface area contributed by atoms with Crippen LogP contribution in [0.2, 0.25) is 0 Å². The highest BCUT2D eigenvalue weighted by atomic mass is 79.9. The predicted octanol–water partition coefficient (Wildman–Crippen LogP) is 4.71. The number of hydrogen-bond donors (Lipinski definition) is 1. The molecule has 0 spiro atoms. The third-order valence-electron chi connectivity index (χ3n) is 4.13. The highest BCUT2D eigenvalue weighted by molar-refractivity contribution is 9.10. The summed E-state index contributed by atoms with van der Waals surface area (Å²) in [6, 6.07) is 7.62. The molecule has 5 heteroatoms. The topological polar surface area (TPSA) is 55.8 Å². The maximum Gasteiger partial charge on any atom is 0.339 e. The van der Waals surface area contributed by atoms with Crippen molar-refractivity contribution in [2.24, 2.45) is 0 Å². The van der Waals surface area contributed by atoms with E-state index >= 15 is 0 Å². The van der Waals surface area contributed by atoms with Gasteiger partial charge in [-0.1, -0.05) is 0 Å². The number of carbonyl (C=O) groups is 1. The maximum absolute atomic E-state index is 11.7. The lowest BCUT2D eigenvalue weighted by Crippen LogP contribution is -2.13. The first-order valence-corrected chi connectivity index (χ1v) is 8.63. The van der Waals surface area contributed by atoms with Gasteiger partial charge in [-0.05, 0) is 89.1 Å². The Bertz CT molecular complexity index is 811. The van der Waals surface area contributed by atoms with Crippen LogP contribution < -0.4 is 9.47 Å². The molecule has 0 atom stereocenters. The zero-order chi connectivity index (χ0) is 17.4. The van der Waals surface area contributed by atoms with E-state index in [0.29, 0.717) is 5.75 Å². The van der Waals surface area contributed by atoms with Crippen LogP contribution in [0.4, 0.5) is 0 Å². The predicted molar refractivity (Wildman–Crippen MR) is 96.3 cm³/mol. The van der Waals surface area contributed by atoms with Crippen LogP contribution in [0.1, 0.15) is 35.3 Å². The van der Waals surface area contributed by atoms with E-state index in [1.54, 1.807) is 13.2 Å². The molecule has 0 aromatic heterocycles. The molecule has 0 amide bonds. The molecule has 2 aromatic rings. The molecular weight excluding hydrogens is 372 g/mol. The fourth-order valence-corrected chi connectivity index (χ4v) is 3.58. The van der Waals surface area contributed by atoms with Crippen LogP contribution in [0.3, 0.4) is 0 Å². The number of benzene rings is 2. The van der Waals surface area contributed by atoms with Crippen molar-refractivity contribution in [1.29, 1.82) is 0 Å². The van der Waals surface area contributed by atoms with Gasteiger partial charge in [-0.15, -0.1) is 0 Å². The van der Waals surface area contributed by atoms with Gasteiger partial charge >= 0.3 is 5.97 Å². The lowest BCUT2D eigenvalue weighted by Gasteiger charge is -2.23. The van der Waals surface area contributed by atoms with Crippen molar-refractivity contribution in [3.8, 4) is 22.6 Å². The standard InChI is InChI=1S/C19H19BrO4/c1-10(2)24-17-6-11-4-5-12-7-18(23-3)16(20)9-14(12)13(11)8-15(17)19(21)22/h6-10H,4-5H2,1-3H3,(H,21,22). The van der Waals surface area contributed by atoms with Crippen LogP contribution in [0.15, 0.2) is 28.7 Å². The number of carboxylic acids is 1. The summed E-state index contributed by atoms with van der Waals surface area (Å²) in [5, 5.41) is 9.56. The maximum atomic E-state index is 11.7. The van der Waals surface area contributed by atoms with E-state index in [1.165, 1.54) is 0 Å². The van der Waals surface area contributed by atoms with Crippen LogP contribution in [0.5, 0.6) is 11.5 Å². The van der Waals surface area contributed by atoms with Gasteiger partial charge in [0.2, 0.25) is 0 Å². The highest BCUT2D eigenvalue weighted by Gasteiger charge is 2.23. The van der Waals surface area contributed by atoms with Crippen molar-refractivity contribution >= 4 is 21.9 Å². The Morgan fingerprint density at radius 1 is 1.08 bits per heavy atom. The molecule has 24 heavy (non-hydrogen) atoms. The van der Waals surface area contributed by atoms with Gasteiger partial charge in [0.25, 0.3) is 0 Å². The van der Waals surface area contributed by atoms with Crippen molar-refractivity contribution in [2.45, 2.75) is 32.8 Å². The molecule has 0 fully saturated rings. The molecule has 1 aliphatic carbocycles. The normalized spacial score (nSPS) is 12.5. The highest BCUT2D eigenvalue weighted by Crippen LogP contribution is 2.41. The Kier molecular flexibility index (Phi) is 4.54. The minimum Gasteiger partial charge on any atom is -0.496 e. The van der Waals surface area contributed by atoms with Crippen molar-refractivity contribution in [3.63, 3.8) is 0 Å². The molecular formula is C19H19BrO4. The fraction of sp³-hybridized carbons (Fsp3) is 0.316. The Balaban J connectivity index is 2.18. The largest absolute Gasteiger partial charge is 0.496 e. The number of hydrogen-bond acceptors (Lipinski definition) is 3. The minimum absolute atomic E-state index is 0.0737. The number of rotatable bonds is 4. The van der Waals surface area contributed by atoms with Gasteiger partial charge in [-0.25, -0.2) is 4.79 Å². The van der Waals surface area contributed by atoms with Crippen LogP contribution in [-0.4, -0.2) is 24.3 Å². The van der Waals surface area contributed by atoms with Gasteiger partial charge in [0.1, 0.15) is 17.1 Å². The quantitative estimate of drug-likeness (QED) is 0.820. The minimum atomic E-state index is -0.979. The van der Waals surface area contributed by atoms with Gasteiger partial charge in [0.05, 0.1) is 17.7 Å². The van der Waals surface area contributed by atoms with E-state index in [4.69, 9.17) is 9.47 Å². The monoisotopic (exact) mass is 390 g/mol. The number of methoxy groups -OCH3 is 1. The second-order valence-electron chi connectivity index (χ2n) is 6.12. The number of fused-ring (bicyclic) bond motifs is 3. The van der Waals surface area contributed by atoms with Crippen LogP contribution in [-0.2, 0) is 12.8 Å². The van der Waals surface area contributed by atoms with E-state index < -0.39 is 5.97 Å². The summed E-state index contributed by atoms with van der Waals surface area (Å²) in [7, 11) is 1.64. The SMILES string of the molecule is COc1cc2c(cc1Br)-c1cc(C(=O)O)c(OC(C)C)cc1CC2. The summed E-state index contributed by atoms with van der Waals surface area (Å²) in [6.07, 6.45) is 1.66. The van der Waals surface area contributed by atoms with Gasteiger partial charge in [-0.3, -0.25) is 0 Å². The van der Waals surface area contributed by atoms with Crippen molar-refractivity contribution in [1.82, 2.24) is 0 Å². The average molecular weight is 391 g/mol. The number of aromatic carboxylic acids is 1. The van der Waals surface area contributed by atoms with E-state index in [2.05, 4.69) is 15.9 Å². The van der Waals surface area contributed by atoms with Gasteiger partial charge < -0.3 is 14.6 Å². The van der Waals surface area contributed by atoms with Crippen LogP contribution >= 0.6 is 15.9 Å². The molecule has 3 rings (SSSR count). The van der Waals surface area contributed by atoms with Gasteiger partial charge in [-0.2, -0.15) is 0 Å². The third kappa shape index (κ3) is 3.00. The summed E-state index contributed by atoms with van der Waals surface area (Å²) in [5.74, 6) is 0.246. The number of carboxylic acid groups (broad SMARTS) is 1. The summed E-state index contributed by atoms with van der Waals surface area (Å²) < 4.78 is 11.9. The van der Waals surface area contributed by atoms with Crippen molar-refractivity contribution < 1.29 is 19.4 Å². The lowest BCUT2D eigenvalue weighted by molar-refractivity contribution is 0.0690. The second-order valence-corrected chi connectivity index (χ2v) is 6.98. The van der Waals surface area contributed by atoms with Crippen molar-refractivity contribution in [3.05, 3.63) is 45.4 Å². The molecule has 0 radical (unpaired) electrons. The summed E-state index contributed by atoms with van der Waals surface area (Å²) in [5.41, 5.74) is 4.47. The third-order valence-corrected chi connectivity index (χ3v) is 4.75. The summed E-state index contributed by atoms with van der Waals surface area (Å²) in [6.45, 7) is 3.79. The fourth-order valence-electron chi connectivity index (χ4n) is 3.08. The van der Waals surface area contributed by atoms with Crippen LogP contribution in [0.25, 0.3) is 11.1 Å². The molecule has 0 heterocycles. The summed E-state index contributed by atoms with van der Waals surface area (Å²) >= 11 is 3.52. The molecule has 0 aliphatic heterocycles. The van der Waals surface area contributed by atoms with Gasteiger partial charge in [0, 0.05) is 0 Å². The molecule has 0 unspecified atom stereocenters. The summed E-state index contributed by atoms with van der Waals surface area (Å²) in [4.78, 5) is 11.7. The first-order valence-electron chi connectivity index (χ1n) is 7.84. The zero-order valence-corrected chi connectivity index (χ0v) is 15.4. The second kappa shape index (κ2) is 6.48. The molecule has 0 bridgehead atoms. The first-order chi connectivity index (χ1) is 11.4. The molecule has 0 saturated heterocycles. The lowest BCUT2D eigenvalue weighted by atomic mass is 9.84. The first kappa shape index (κ1) is 16.8. The van der Waals surface area contributed by atoms with Crippen molar-refractivity contribution in [2.75, 3.05) is 7.11 Å². The average Bonchev–Trinajstić information content (AvgIpc) is 2.52. The smallest absolute Gasteiger partial charge is 0.339 e. The number of halogens is 1. The molecule has 1 aliphatic rings. The van der Waals surface area contributed by atoms with E-state index in [1.807, 2.05) is 32.0 Å². The Hall–Kier alpha value is -2.01. The molecule has 0 saturated carbocycles. The van der Waals surface area contributed by atoms with E-state index in [0.717, 1.165) is 45.3 Å². The molecule has 1 N–H and O–H groups in total. The zero-order valence-electron chi connectivity index (χ0n) is 13.9. The van der Waals surface area contributed by atoms with E-state index in [9.17, 15) is 9.90 Å². The molecule has 2 aromatic carbocycles. The molecule has 126 valence electrons. The molecule has 4 nitrogen and oxygen atoms in total. The number of ether oxygens (including phenoxy) is 2. The number of aryl methyl sites for hydroxylation is 2. The Labute approximate surface area is 149 Å². The van der Waals surface area contributed by atoms with Crippen LogP contribution in [0, 0.1) is 0 Å². The Morgan fingerprint density at radius 3 is 2.21 bits per heavy atom. The van der Waals surface area contributed by atoms with E-state index in [-0.39, 0.29) is 11.7 Å². The van der Waals surface area contributed by atoms with Gasteiger partial charge in [0.15, 0.2) is 0 Å². The Morgan fingerprint density at radius 2 is 1.67 bits per heavy atom.